The van der Waals surface area contributed by atoms with E-state index in [1.165, 1.54) is 10.4 Å². The fourth-order valence-electron chi connectivity index (χ4n) is 6.06. The summed E-state index contributed by atoms with van der Waals surface area (Å²) in [5.74, 6) is -0.699. The monoisotopic (exact) mass is 621 g/mol. The molecule has 0 saturated carbocycles. The molecule has 2 aromatic carbocycles. The van der Waals surface area contributed by atoms with Gasteiger partial charge in [0.15, 0.2) is 0 Å². The number of hydrogen-bond acceptors (Lipinski definition) is 7. The molecule has 1 fully saturated rings. The SMILES string of the molecule is CS(=O)(=O)N1CCc2c(c(-c3ccc(C(F)(F)F)c(C(N)=O)c3)nn2CC(O)CN2CCC(c3cccc(O)c3)CC2)C1. The number of halogens is 3. The number of carbonyl (C=O) groups excluding carboxylic acids is 1. The van der Waals surface area contributed by atoms with Crippen LogP contribution in [-0.4, -0.2) is 82.1 Å². The Labute approximate surface area is 247 Å². The zero-order valence-corrected chi connectivity index (χ0v) is 24.4. The number of carbonyl (C=O) groups is 1. The van der Waals surface area contributed by atoms with Gasteiger partial charge in [-0.2, -0.15) is 22.6 Å². The Bertz CT molecular complexity index is 1620. The number of nitrogens with two attached hydrogens (primary N) is 1. The number of amides is 1. The van der Waals surface area contributed by atoms with E-state index in [0.717, 1.165) is 49.9 Å². The van der Waals surface area contributed by atoms with Crippen LogP contribution in [0.1, 0.15) is 51.5 Å². The molecule has 1 aromatic heterocycles. The predicted molar refractivity (Wildman–Crippen MR) is 153 cm³/mol. The molecule has 0 bridgehead atoms. The van der Waals surface area contributed by atoms with Gasteiger partial charge in [-0.25, -0.2) is 8.42 Å². The summed E-state index contributed by atoms with van der Waals surface area (Å²) in [7, 11) is -3.57. The second kappa shape index (κ2) is 11.9. The summed E-state index contributed by atoms with van der Waals surface area (Å²) in [5.41, 5.74) is 6.10. The summed E-state index contributed by atoms with van der Waals surface area (Å²) >= 11 is 0. The largest absolute Gasteiger partial charge is 0.508 e. The molecule has 1 atom stereocenters. The Kier molecular flexibility index (Phi) is 8.58. The fraction of sp³-hybridized carbons (Fsp3) is 0.448. The van der Waals surface area contributed by atoms with E-state index < -0.39 is 39.3 Å². The molecule has 2 aliphatic rings. The van der Waals surface area contributed by atoms with Crippen LogP contribution in [0.3, 0.4) is 0 Å². The molecule has 2 aliphatic heterocycles. The van der Waals surface area contributed by atoms with Crippen LogP contribution in [0.25, 0.3) is 11.3 Å². The van der Waals surface area contributed by atoms with Gasteiger partial charge in [0.25, 0.3) is 0 Å². The first-order chi connectivity index (χ1) is 20.2. The number of aliphatic hydroxyl groups excluding tert-OH is 1. The lowest BCUT2D eigenvalue weighted by atomic mass is 9.89. The second-order valence-corrected chi connectivity index (χ2v) is 13.2. The van der Waals surface area contributed by atoms with Gasteiger partial charge in [0.1, 0.15) is 5.75 Å². The summed E-state index contributed by atoms with van der Waals surface area (Å²) in [6, 6.07) is 10.2. The zero-order valence-electron chi connectivity index (χ0n) is 23.6. The number of nitrogens with zero attached hydrogens (tertiary/aromatic N) is 4. The molecule has 3 aromatic rings. The standard InChI is InChI=1S/C29H34F3N5O5S/c1-43(41,42)36-12-9-26-24(17-36)27(20-5-6-25(29(30,31)32)23(14-20)28(33)40)34-37(26)16-22(39)15-35-10-7-18(8-11-35)19-3-2-4-21(38)13-19/h2-6,13-14,18,22,38-39H,7-12,15-17H2,1H3,(H2,33,40). The summed E-state index contributed by atoms with van der Waals surface area (Å²) in [6.07, 6.45) is -2.50. The molecule has 1 unspecified atom stereocenters. The highest BCUT2D eigenvalue weighted by Crippen LogP contribution is 2.37. The van der Waals surface area contributed by atoms with Gasteiger partial charge in [-0.05, 0) is 61.7 Å². The lowest BCUT2D eigenvalue weighted by molar-refractivity contribution is -0.137. The van der Waals surface area contributed by atoms with E-state index in [9.17, 15) is 36.6 Å². The number of aromatic hydroxyl groups is 1. The highest BCUT2D eigenvalue weighted by Gasteiger charge is 2.36. The number of β-amino-alcohol motifs (C(OH)–C–C–N with tert-alkyl or cyclic N) is 1. The summed E-state index contributed by atoms with van der Waals surface area (Å²) in [6.45, 7) is 2.12. The number of primary amides is 1. The van der Waals surface area contributed by atoms with Crippen LogP contribution < -0.4 is 5.73 Å². The number of rotatable bonds is 8. The van der Waals surface area contributed by atoms with Gasteiger partial charge in [0, 0.05) is 42.9 Å². The molecule has 0 radical (unpaired) electrons. The van der Waals surface area contributed by atoms with Crippen molar-refractivity contribution in [3.05, 3.63) is 70.4 Å². The van der Waals surface area contributed by atoms with E-state index >= 15 is 0 Å². The van der Waals surface area contributed by atoms with Crippen molar-refractivity contribution in [3.63, 3.8) is 0 Å². The first kappa shape index (κ1) is 31.0. The number of alkyl halides is 3. The first-order valence-electron chi connectivity index (χ1n) is 13.9. The van der Waals surface area contributed by atoms with Gasteiger partial charge in [0.05, 0.1) is 35.7 Å². The zero-order chi connectivity index (χ0) is 31.1. The van der Waals surface area contributed by atoms with Gasteiger partial charge in [-0.3, -0.25) is 9.48 Å². The van der Waals surface area contributed by atoms with Crippen molar-refractivity contribution in [2.24, 2.45) is 5.73 Å². The molecular formula is C29H34F3N5O5S. The Morgan fingerprint density at radius 1 is 1.12 bits per heavy atom. The highest BCUT2D eigenvalue weighted by molar-refractivity contribution is 7.88. The second-order valence-electron chi connectivity index (χ2n) is 11.2. The average Bonchev–Trinajstić information content (AvgIpc) is 3.29. The Hall–Kier alpha value is -3.46. The number of sulfonamides is 1. The molecule has 10 nitrogen and oxygen atoms in total. The molecule has 1 saturated heterocycles. The molecule has 0 spiro atoms. The van der Waals surface area contributed by atoms with Crippen LogP contribution in [0, 0.1) is 0 Å². The van der Waals surface area contributed by atoms with Crippen LogP contribution in [0.5, 0.6) is 5.75 Å². The van der Waals surface area contributed by atoms with Crippen molar-refractivity contribution < 1.29 is 36.6 Å². The quantitative estimate of drug-likeness (QED) is 0.351. The lowest BCUT2D eigenvalue weighted by Gasteiger charge is -2.33. The third kappa shape index (κ3) is 6.87. The van der Waals surface area contributed by atoms with Crippen molar-refractivity contribution in [2.75, 3.05) is 32.4 Å². The van der Waals surface area contributed by atoms with Gasteiger partial charge in [0.2, 0.25) is 15.9 Å². The van der Waals surface area contributed by atoms with Gasteiger partial charge >= 0.3 is 6.18 Å². The van der Waals surface area contributed by atoms with Crippen LogP contribution in [0.15, 0.2) is 42.5 Å². The molecule has 232 valence electrons. The number of phenols is 1. The number of aromatic nitrogens is 2. The van der Waals surface area contributed by atoms with Crippen LogP contribution in [-0.2, 0) is 35.7 Å². The van der Waals surface area contributed by atoms with Crippen molar-refractivity contribution >= 4 is 15.9 Å². The number of likely N-dealkylation sites (tertiary alicyclic amines) is 1. The molecule has 3 heterocycles. The number of piperidine rings is 1. The number of hydrogen-bond donors (Lipinski definition) is 3. The topological polar surface area (TPSA) is 142 Å². The van der Waals surface area contributed by atoms with Crippen molar-refractivity contribution in [1.29, 1.82) is 0 Å². The van der Waals surface area contributed by atoms with Crippen molar-refractivity contribution in [1.82, 2.24) is 19.0 Å². The number of aliphatic hydroxyl groups is 1. The van der Waals surface area contributed by atoms with E-state index in [0.29, 0.717) is 30.1 Å². The maximum absolute atomic E-state index is 13.5. The molecule has 0 aliphatic carbocycles. The van der Waals surface area contributed by atoms with Gasteiger partial charge in [-0.1, -0.05) is 18.2 Å². The Morgan fingerprint density at radius 3 is 2.47 bits per heavy atom. The van der Waals surface area contributed by atoms with Crippen molar-refractivity contribution in [2.45, 2.75) is 50.6 Å². The van der Waals surface area contributed by atoms with E-state index in [2.05, 4.69) is 10.00 Å². The summed E-state index contributed by atoms with van der Waals surface area (Å²) in [5, 5.41) is 25.5. The molecular weight excluding hydrogens is 587 g/mol. The van der Waals surface area contributed by atoms with Crippen molar-refractivity contribution in [3.8, 4) is 17.0 Å². The van der Waals surface area contributed by atoms with Crippen LogP contribution in [0.4, 0.5) is 13.2 Å². The molecule has 4 N–H and O–H groups in total. The van der Waals surface area contributed by atoms with E-state index in [-0.39, 0.29) is 36.6 Å². The molecule has 14 heteroatoms. The summed E-state index contributed by atoms with van der Waals surface area (Å²) < 4.78 is 68.1. The normalized spacial score (nSPS) is 18.0. The van der Waals surface area contributed by atoms with Crippen LogP contribution in [0.2, 0.25) is 0 Å². The fourth-order valence-corrected chi connectivity index (χ4v) is 6.84. The number of benzene rings is 2. The molecule has 5 rings (SSSR count). The van der Waals surface area contributed by atoms with E-state index in [1.807, 2.05) is 12.1 Å². The molecule has 1 amide bonds. The number of phenolic OH excluding ortho intramolecular Hbond substituents is 1. The Morgan fingerprint density at radius 2 is 1.84 bits per heavy atom. The Balaban J connectivity index is 1.38. The molecule has 43 heavy (non-hydrogen) atoms. The smallest absolute Gasteiger partial charge is 0.417 e. The minimum Gasteiger partial charge on any atom is -0.508 e. The number of fused-ring (bicyclic) bond motifs is 1. The highest BCUT2D eigenvalue weighted by atomic mass is 32.2. The third-order valence-corrected chi connectivity index (χ3v) is 9.46. The van der Waals surface area contributed by atoms with E-state index in [4.69, 9.17) is 5.73 Å². The lowest BCUT2D eigenvalue weighted by Crippen LogP contribution is -2.40. The average molecular weight is 622 g/mol. The third-order valence-electron chi connectivity index (χ3n) is 8.21. The maximum atomic E-state index is 13.5. The van der Waals surface area contributed by atoms with E-state index in [1.54, 1.807) is 16.8 Å². The van der Waals surface area contributed by atoms with Crippen LogP contribution >= 0.6 is 0 Å². The maximum Gasteiger partial charge on any atom is 0.417 e. The minimum absolute atomic E-state index is 0.0466. The predicted octanol–water partition coefficient (Wildman–Crippen LogP) is 2.93. The van der Waals surface area contributed by atoms with Gasteiger partial charge < -0.3 is 20.8 Å². The summed E-state index contributed by atoms with van der Waals surface area (Å²) in [4.78, 5) is 14.1. The van der Waals surface area contributed by atoms with Gasteiger partial charge in [-0.15, -0.1) is 0 Å². The minimum atomic E-state index is -4.80. The first-order valence-corrected chi connectivity index (χ1v) is 15.8.